The molecule has 1 atom stereocenters. The van der Waals surface area contributed by atoms with Gasteiger partial charge in [-0.2, -0.15) is 0 Å². The summed E-state index contributed by atoms with van der Waals surface area (Å²) in [5.41, 5.74) is 2.10. The van der Waals surface area contributed by atoms with E-state index in [4.69, 9.17) is 9.47 Å². The summed E-state index contributed by atoms with van der Waals surface area (Å²) in [4.78, 5) is 24.5. The van der Waals surface area contributed by atoms with Crippen LogP contribution in [-0.4, -0.2) is 11.8 Å². The van der Waals surface area contributed by atoms with Crippen molar-refractivity contribution >= 4 is 11.8 Å². The highest BCUT2D eigenvalue weighted by Gasteiger charge is 2.39. The van der Waals surface area contributed by atoms with E-state index in [0.717, 1.165) is 5.57 Å². The summed E-state index contributed by atoms with van der Waals surface area (Å²) in [5, 5.41) is 0. The van der Waals surface area contributed by atoms with Crippen molar-refractivity contribution in [3.05, 3.63) is 70.2 Å². The number of ketones is 1. The molecule has 2 aromatic carbocycles. The van der Waals surface area contributed by atoms with Gasteiger partial charge in [0.1, 0.15) is 17.3 Å². The molecule has 0 saturated heterocycles. The van der Waals surface area contributed by atoms with E-state index in [1.165, 1.54) is 6.07 Å². The molecule has 0 radical (unpaired) electrons. The van der Waals surface area contributed by atoms with Gasteiger partial charge in [-0.3, -0.25) is 9.59 Å². The van der Waals surface area contributed by atoms with Crippen LogP contribution in [0.2, 0.25) is 0 Å². The van der Waals surface area contributed by atoms with Gasteiger partial charge in [0.15, 0.2) is 5.76 Å². The molecule has 0 unspecified atom stereocenters. The second-order valence-electron chi connectivity index (χ2n) is 6.37. The molecule has 4 nitrogen and oxygen atoms in total. The van der Waals surface area contributed by atoms with Crippen LogP contribution >= 0.6 is 0 Å². The number of esters is 1. The van der Waals surface area contributed by atoms with Crippen molar-refractivity contribution in [2.24, 2.45) is 0 Å². The molecule has 0 saturated carbocycles. The SMILES string of the molecule is CC(C)=C1Oc2c(ccc3c2[C@@H](c2ccccc2F)CC(=O)O3)C1=O. The second kappa shape index (κ2) is 5.55. The van der Waals surface area contributed by atoms with Crippen molar-refractivity contribution in [3.8, 4) is 11.5 Å². The van der Waals surface area contributed by atoms with Gasteiger partial charge in [-0.15, -0.1) is 0 Å². The predicted octanol–water partition coefficient (Wildman–Crippen LogP) is 4.14. The fourth-order valence-corrected chi connectivity index (χ4v) is 3.35. The molecule has 0 fully saturated rings. The molecule has 126 valence electrons. The van der Waals surface area contributed by atoms with Crippen LogP contribution in [0.3, 0.4) is 0 Å². The van der Waals surface area contributed by atoms with E-state index in [-0.39, 0.29) is 18.0 Å². The average Bonchev–Trinajstić information content (AvgIpc) is 2.91. The molecule has 0 spiro atoms. The van der Waals surface area contributed by atoms with Crippen molar-refractivity contribution in [1.82, 2.24) is 0 Å². The van der Waals surface area contributed by atoms with Crippen LogP contribution < -0.4 is 9.47 Å². The van der Waals surface area contributed by atoms with Crippen molar-refractivity contribution in [2.75, 3.05) is 0 Å². The van der Waals surface area contributed by atoms with E-state index in [1.807, 2.05) is 0 Å². The van der Waals surface area contributed by atoms with E-state index in [9.17, 15) is 14.0 Å². The van der Waals surface area contributed by atoms with Gasteiger partial charge in [0.2, 0.25) is 5.78 Å². The number of fused-ring (bicyclic) bond motifs is 3. The fourth-order valence-electron chi connectivity index (χ4n) is 3.35. The lowest BCUT2D eigenvalue weighted by Gasteiger charge is -2.26. The smallest absolute Gasteiger partial charge is 0.312 e. The molecule has 5 heteroatoms. The summed E-state index contributed by atoms with van der Waals surface area (Å²) in [7, 11) is 0. The van der Waals surface area contributed by atoms with Gasteiger partial charge in [-0.1, -0.05) is 18.2 Å². The first-order valence-electron chi connectivity index (χ1n) is 7.99. The third-order valence-corrected chi connectivity index (χ3v) is 4.49. The Labute approximate surface area is 143 Å². The number of halogens is 1. The van der Waals surface area contributed by atoms with E-state index in [2.05, 4.69) is 0 Å². The molecule has 0 aliphatic carbocycles. The maximum Gasteiger partial charge on any atom is 0.312 e. The number of hydrogen-bond acceptors (Lipinski definition) is 4. The summed E-state index contributed by atoms with van der Waals surface area (Å²) in [5.74, 6) is -0.665. The lowest BCUT2D eigenvalue weighted by molar-refractivity contribution is -0.135. The Morgan fingerprint density at radius 1 is 1.08 bits per heavy atom. The highest BCUT2D eigenvalue weighted by Crippen LogP contribution is 2.49. The van der Waals surface area contributed by atoms with Crippen LogP contribution in [0.4, 0.5) is 4.39 Å². The van der Waals surface area contributed by atoms with Gasteiger partial charge < -0.3 is 9.47 Å². The highest BCUT2D eigenvalue weighted by atomic mass is 19.1. The van der Waals surface area contributed by atoms with Crippen molar-refractivity contribution in [1.29, 1.82) is 0 Å². The normalized spacial score (nSPS) is 18.4. The molecule has 0 aromatic heterocycles. The number of carbonyl (C=O) groups is 2. The molecule has 2 aromatic rings. The minimum atomic E-state index is -0.559. The molecule has 25 heavy (non-hydrogen) atoms. The first-order valence-corrected chi connectivity index (χ1v) is 7.99. The maximum absolute atomic E-state index is 14.4. The van der Waals surface area contributed by atoms with E-state index >= 15 is 0 Å². The number of allylic oxidation sites excluding steroid dienone is 2. The zero-order valence-corrected chi connectivity index (χ0v) is 13.8. The molecular weight excluding hydrogens is 323 g/mol. The molecule has 0 N–H and O–H groups in total. The molecular formula is C20H15FO4. The van der Waals surface area contributed by atoms with Gasteiger partial charge in [-0.05, 0) is 43.2 Å². The zero-order chi connectivity index (χ0) is 17.7. The van der Waals surface area contributed by atoms with Crippen LogP contribution in [0.5, 0.6) is 11.5 Å². The van der Waals surface area contributed by atoms with E-state index < -0.39 is 17.7 Å². The largest absolute Gasteiger partial charge is 0.452 e. The summed E-state index contributed by atoms with van der Waals surface area (Å²) < 4.78 is 25.5. The molecule has 4 rings (SSSR count). The summed E-state index contributed by atoms with van der Waals surface area (Å²) in [6.07, 6.45) is -0.00785. The standard InChI is InChI=1S/C20H15FO4/c1-10(2)19-18(23)12-7-8-15-17(20(12)25-19)13(9-16(22)24-15)11-5-3-4-6-14(11)21/h3-8,13H,9H2,1-2H3/t13-/m1/s1. The molecule has 0 bridgehead atoms. The molecule has 0 amide bonds. The first-order chi connectivity index (χ1) is 12.0. The van der Waals surface area contributed by atoms with Crippen LogP contribution in [0.1, 0.15) is 47.7 Å². The number of carbonyl (C=O) groups excluding carboxylic acids is 2. The van der Waals surface area contributed by atoms with Crippen molar-refractivity contribution < 1.29 is 23.5 Å². The van der Waals surface area contributed by atoms with E-state index in [0.29, 0.717) is 28.2 Å². The number of Topliss-reactive ketones (excluding diaryl/α,β-unsaturated/α-hetero) is 1. The number of benzene rings is 2. The van der Waals surface area contributed by atoms with Gasteiger partial charge >= 0.3 is 5.97 Å². The number of ether oxygens (including phenoxy) is 2. The minimum Gasteiger partial charge on any atom is -0.452 e. The third-order valence-electron chi connectivity index (χ3n) is 4.49. The van der Waals surface area contributed by atoms with Crippen LogP contribution in [0.15, 0.2) is 47.7 Å². The molecule has 2 aliphatic heterocycles. The number of rotatable bonds is 1. The highest BCUT2D eigenvalue weighted by molar-refractivity contribution is 6.13. The zero-order valence-electron chi connectivity index (χ0n) is 13.8. The van der Waals surface area contributed by atoms with Gasteiger partial charge in [0.25, 0.3) is 0 Å². The topological polar surface area (TPSA) is 52.6 Å². The van der Waals surface area contributed by atoms with Gasteiger partial charge in [0.05, 0.1) is 12.0 Å². The quantitative estimate of drug-likeness (QED) is 0.446. The Morgan fingerprint density at radius 3 is 2.56 bits per heavy atom. The summed E-state index contributed by atoms with van der Waals surface area (Å²) >= 11 is 0. The first kappa shape index (κ1) is 15.6. The van der Waals surface area contributed by atoms with Crippen LogP contribution in [0.25, 0.3) is 0 Å². The lowest BCUT2D eigenvalue weighted by Crippen LogP contribution is -2.22. The third kappa shape index (κ3) is 2.35. The Morgan fingerprint density at radius 2 is 1.84 bits per heavy atom. The minimum absolute atomic E-state index is 0.00785. The van der Waals surface area contributed by atoms with Crippen molar-refractivity contribution in [2.45, 2.75) is 26.2 Å². The average molecular weight is 338 g/mol. The van der Waals surface area contributed by atoms with E-state index in [1.54, 1.807) is 44.2 Å². The predicted molar refractivity (Wildman–Crippen MR) is 88.3 cm³/mol. The Kier molecular flexibility index (Phi) is 3.46. The van der Waals surface area contributed by atoms with Gasteiger partial charge in [-0.25, -0.2) is 4.39 Å². The molecule has 2 heterocycles. The summed E-state index contributed by atoms with van der Waals surface area (Å²) in [6, 6.07) is 9.47. The van der Waals surface area contributed by atoms with Gasteiger partial charge in [0, 0.05) is 11.5 Å². The monoisotopic (exact) mass is 338 g/mol. The second-order valence-corrected chi connectivity index (χ2v) is 6.37. The maximum atomic E-state index is 14.4. The Bertz CT molecular complexity index is 954. The molecule has 2 aliphatic rings. The summed E-state index contributed by atoms with van der Waals surface area (Å²) in [6.45, 7) is 3.58. The van der Waals surface area contributed by atoms with Crippen LogP contribution in [0, 0.1) is 5.82 Å². The fraction of sp³-hybridized carbons (Fsp3) is 0.200. The number of hydrogen-bond donors (Lipinski definition) is 0. The Hall–Kier alpha value is -2.95. The lowest BCUT2D eigenvalue weighted by atomic mass is 9.84. The van der Waals surface area contributed by atoms with Crippen LogP contribution in [-0.2, 0) is 4.79 Å². The Balaban J connectivity index is 1.95. The van der Waals surface area contributed by atoms with Crippen molar-refractivity contribution in [3.63, 3.8) is 0 Å².